The van der Waals surface area contributed by atoms with Gasteiger partial charge in [-0.05, 0) is 133 Å². The summed E-state index contributed by atoms with van der Waals surface area (Å²) in [5, 5.41) is 0. The molecule has 0 fully saturated rings. The number of para-hydroxylation sites is 6. The zero-order valence-electron chi connectivity index (χ0n) is 58.2. The van der Waals surface area contributed by atoms with E-state index >= 15 is 0 Å². The summed E-state index contributed by atoms with van der Waals surface area (Å²) in [4.78, 5) is 9.80. The second-order valence-corrected chi connectivity index (χ2v) is 26.4. The van der Waals surface area contributed by atoms with Crippen LogP contribution in [0.2, 0.25) is 0 Å². The fourth-order valence-electron chi connectivity index (χ4n) is 16.1. The van der Waals surface area contributed by atoms with Gasteiger partial charge in [0.25, 0.3) is 6.71 Å². The molecule has 5 heteroatoms. The van der Waals surface area contributed by atoms with Crippen LogP contribution in [0.1, 0.15) is 56.8 Å². The molecule has 0 bridgehead atoms. The van der Waals surface area contributed by atoms with Crippen LogP contribution in [-0.4, -0.2) is 6.71 Å². The number of rotatable bonds is 9. The zero-order valence-corrected chi connectivity index (χ0v) is 53.2. The SMILES string of the molecule is [2H]c1c([2H])c([2H])c(-c2cc3c4c(c2)N(c2c(-c5ccccc5)cccc2-c2ccccc2)c2cc(N5c6ccccc6C(C)(C)c6ccccc65)ccc2B4c2ccc(N4c5ccccc5C(C)(C)c5ccccc54)cc2N3c2c(-c3ccccc3)cccc2-c2ccccc2)c([2H])c1[2H]. The average Bonchev–Trinajstić information content (AvgIpc) is 0.683. The lowest BCUT2D eigenvalue weighted by Crippen LogP contribution is -2.61. The van der Waals surface area contributed by atoms with Crippen molar-refractivity contribution in [3.05, 3.63) is 356 Å². The fourth-order valence-corrected chi connectivity index (χ4v) is 16.1. The Labute approximate surface area is 564 Å². The Morgan fingerprint density at radius 1 is 0.263 bits per heavy atom. The molecule has 0 unspecified atom stereocenters. The second-order valence-electron chi connectivity index (χ2n) is 26.4. The summed E-state index contributed by atoms with van der Waals surface area (Å²) in [7, 11) is 0. The van der Waals surface area contributed by atoms with Crippen LogP contribution in [-0.2, 0) is 10.8 Å². The molecule has 18 rings (SSSR count). The summed E-state index contributed by atoms with van der Waals surface area (Å²) in [6.07, 6.45) is 0. The van der Waals surface area contributed by atoms with Crippen molar-refractivity contribution in [3.8, 4) is 55.6 Å². The summed E-state index contributed by atoms with van der Waals surface area (Å²) in [5.41, 5.74) is 27.5. The topological polar surface area (TPSA) is 13.0 Å². The molecule has 4 heterocycles. The molecule has 14 aromatic carbocycles. The van der Waals surface area contributed by atoms with E-state index < -0.39 is 24.8 Å². The third kappa shape index (κ3) is 8.76. The smallest absolute Gasteiger partial charge is 0.252 e. The third-order valence-electron chi connectivity index (χ3n) is 20.5. The number of hydrogen-bond acceptors (Lipinski definition) is 4. The minimum absolute atomic E-state index is 0.105. The van der Waals surface area contributed by atoms with Gasteiger partial charge in [0.15, 0.2) is 0 Å². The minimum Gasteiger partial charge on any atom is -0.310 e. The Morgan fingerprint density at radius 3 is 0.916 bits per heavy atom. The van der Waals surface area contributed by atoms with Crippen LogP contribution in [0.5, 0.6) is 0 Å². The molecule has 0 amide bonds. The first-order chi connectivity index (χ1) is 48.8. The summed E-state index contributed by atoms with van der Waals surface area (Å²) in [6.45, 7) is 8.84. The number of fused-ring (bicyclic) bond motifs is 8. The number of anilines is 12. The van der Waals surface area contributed by atoms with E-state index in [0.717, 1.165) is 129 Å². The van der Waals surface area contributed by atoms with Gasteiger partial charge in [0.1, 0.15) is 0 Å². The lowest BCUT2D eigenvalue weighted by Gasteiger charge is -2.47. The van der Waals surface area contributed by atoms with Crippen LogP contribution in [0.25, 0.3) is 55.6 Å². The molecule has 0 atom stereocenters. The predicted molar refractivity (Wildman–Crippen MR) is 401 cm³/mol. The van der Waals surface area contributed by atoms with E-state index in [-0.39, 0.29) is 28.5 Å². The van der Waals surface area contributed by atoms with E-state index in [0.29, 0.717) is 5.56 Å². The average molecular weight is 1220 g/mol. The first-order valence-electron chi connectivity index (χ1n) is 35.4. The maximum Gasteiger partial charge on any atom is 0.252 e. The lowest BCUT2D eigenvalue weighted by atomic mass is 9.33. The van der Waals surface area contributed by atoms with Crippen LogP contribution in [0, 0.1) is 0 Å². The van der Waals surface area contributed by atoms with Crippen molar-refractivity contribution in [1.82, 2.24) is 0 Å². The van der Waals surface area contributed by atoms with Gasteiger partial charge in [-0.15, -0.1) is 0 Å². The third-order valence-corrected chi connectivity index (χ3v) is 20.5. The Balaban J connectivity index is 1.03. The molecule has 4 aliphatic rings. The van der Waals surface area contributed by atoms with E-state index in [1.165, 1.54) is 22.3 Å². The van der Waals surface area contributed by atoms with Gasteiger partial charge in [0.05, 0.1) is 41.0 Å². The van der Waals surface area contributed by atoms with Crippen molar-refractivity contribution >= 4 is 91.3 Å². The van der Waals surface area contributed by atoms with Gasteiger partial charge in [0.2, 0.25) is 0 Å². The van der Waals surface area contributed by atoms with Crippen molar-refractivity contribution in [3.63, 3.8) is 0 Å². The van der Waals surface area contributed by atoms with E-state index in [1.807, 2.05) is 0 Å². The summed E-state index contributed by atoms with van der Waals surface area (Å²) in [5.74, 6) is 0. The first-order valence-corrected chi connectivity index (χ1v) is 32.9. The van der Waals surface area contributed by atoms with Crippen molar-refractivity contribution in [1.29, 1.82) is 0 Å². The molecule has 4 aliphatic heterocycles. The summed E-state index contributed by atoms with van der Waals surface area (Å²) < 4.78 is 47.9. The molecular weight excluding hydrogens is 1150 g/mol. The molecular formula is C90H67BN4. The Bertz CT molecular complexity index is 5110. The van der Waals surface area contributed by atoms with Crippen molar-refractivity contribution in [2.75, 3.05) is 19.6 Å². The molecule has 0 aromatic heterocycles. The summed E-state index contributed by atoms with van der Waals surface area (Å²) in [6, 6.07) is 107. The van der Waals surface area contributed by atoms with E-state index in [4.69, 9.17) is 1.37 Å². The molecule has 0 spiro atoms. The van der Waals surface area contributed by atoms with E-state index in [2.05, 4.69) is 351 Å². The van der Waals surface area contributed by atoms with Crippen LogP contribution in [0.3, 0.4) is 0 Å². The maximum absolute atomic E-state index is 10.0. The van der Waals surface area contributed by atoms with Gasteiger partial charge in [-0.3, -0.25) is 0 Å². The Hall–Kier alpha value is -11.7. The summed E-state index contributed by atoms with van der Waals surface area (Å²) >= 11 is 0. The highest BCUT2D eigenvalue weighted by atomic mass is 15.2. The highest BCUT2D eigenvalue weighted by molar-refractivity contribution is 7.00. The Kier molecular flexibility index (Phi) is 11.8. The van der Waals surface area contributed by atoms with Gasteiger partial charge >= 0.3 is 0 Å². The standard InChI is InChI=1S/C90H67BN4/c1-89(2)72-44-20-24-48-78(72)92(79-49-25-21-45-73(79)89)66-52-54-76-82(58-66)94(87-68(61-32-12-6-13-33-61)40-28-41-69(87)62-34-14-7-15-35-62)84-56-65(60-30-10-5-11-31-60)57-85-86(84)91(76)77-55-53-67(93-80-50-26-22-46-74(80)90(3,4)75-47-23-27-51-81(75)93)59-83(77)95(85)88-70(63-36-16-8-17-37-63)42-29-43-71(88)64-38-18-9-19-39-64/h5-59H,1-4H3/i5D,10D,11D,30D,31D. The van der Waals surface area contributed by atoms with Crippen LogP contribution in [0.4, 0.5) is 68.2 Å². The highest BCUT2D eigenvalue weighted by Gasteiger charge is 2.47. The second kappa shape index (κ2) is 22.0. The van der Waals surface area contributed by atoms with Gasteiger partial charge in [-0.1, -0.05) is 301 Å². The minimum atomic E-state index is -0.452. The molecule has 14 aromatic rings. The molecule has 0 saturated heterocycles. The normalized spacial score (nSPS) is 14.9. The molecule has 0 saturated carbocycles. The molecule has 0 radical (unpaired) electrons. The molecule has 4 nitrogen and oxygen atoms in total. The largest absolute Gasteiger partial charge is 0.310 e. The Morgan fingerprint density at radius 2 is 0.579 bits per heavy atom. The fraction of sp³-hybridized carbons (Fsp3) is 0.0667. The van der Waals surface area contributed by atoms with E-state index in [9.17, 15) is 5.48 Å². The van der Waals surface area contributed by atoms with Gasteiger partial charge in [-0.2, -0.15) is 0 Å². The monoisotopic (exact) mass is 1220 g/mol. The van der Waals surface area contributed by atoms with Gasteiger partial charge < -0.3 is 19.6 Å². The highest BCUT2D eigenvalue weighted by Crippen LogP contribution is 2.58. The molecule has 450 valence electrons. The number of nitrogens with zero attached hydrogens (tertiary/aromatic N) is 4. The predicted octanol–water partition coefficient (Wildman–Crippen LogP) is 22.3. The zero-order chi connectivity index (χ0) is 67.9. The van der Waals surface area contributed by atoms with Crippen molar-refractivity contribution < 1.29 is 6.85 Å². The maximum atomic E-state index is 10.0. The van der Waals surface area contributed by atoms with Crippen molar-refractivity contribution in [2.24, 2.45) is 0 Å². The molecule has 0 N–H and O–H groups in total. The van der Waals surface area contributed by atoms with Crippen LogP contribution in [0.15, 0.2) is 334 Å². The van der Waals surface area contributed by atoms with E-state index in [1.54, 1.807) is 0 Å². The lowest BCUT2D eigenvalue weighted by molar-refractivity contribution is 0.632. The number of hydrogen-bond donors (Lipinski definition) is 0. The first kappa shape index (κ1) is 50.9. The molecule has 95 heavy (non-hydrogen) atoms. The van der Waals surface area contributed by atoms with Crippen LogP contribution >= 0.6 is 0 Å². The number of benzene rings is 14. The molecule has 0 aliphatic carbocycles. The van der Waals surface area contributed by atoms with Gasteiger partial charge in [-0.25, -0.2) is 0 Å². The van der Waals surface area contributed by atoms with Gasteiger partial charge in [0, 0.05) is 67.2 Å². The van der Waals surface area contributed by atoms with Crippen LogP contribution < -0.4 is 36.0 Å². The quantitative estimate of drug-likeness (QED) is 0.134. The van der Waals surface area contributed by atoms with Crippen molar-refractivity contribution in [2.45, 2.75) is 38.5 Å².